The van der Waals surface area contributed by atoms with Gasteiger partial charge in [0, 0.05) is 20.2 Å². The second-order valence-corrected chi connectivity index (χ2v) is 4.72. The van der Waals surface area contributed by atoms with Crippen molar-refractivity contribution in [3.05, 3.63) is 0 Å². The molecule has 0 aromatic carbocycles. The Morgan fingerprint density at radius 3 is 2.42 bits per heavy atom. The summed E-state index contributed by atoms with van der Waals surface area (Å²) >= 11 is 0. The Balaban J connectivity index is 0.00000324. The molecular formula is C12H24ClN3O3. The molecule has 0 aliphatic heterocycles. The number of carbonyl (C=O) groups excluding carboxylic acids is 2. The molecule has 1 rings (SSSR count). The number of nitrogens with one attached hydrogen (secondary N) is 2. The molecule has 0 saturated heterocycles. The van der Waals surface area contributed by atoms with Gasteiger partial charge < -0.3 is 21.1 Å². The summed E-state index contributed by atoms with van der Waals surface area (Å²) in [4.78, 5) is 23.5. The summed E-state index contributed by atoms with van der Waals surface area (Å²) in [5.74, 6) is -0.296. The fraction of sp³-hybridized carbons (Fsp3) is 0.833. The molecular weight excluding hydrogens is 270 g/mol. The van der Waals surface area contributed by atoms with Crippen LogP contribution in [0.4, 0.5) is 0 Å². The summed E-state index contributed by atoms with van der Waals surface area (Å²) in [6.45, 7) is 1.27. The smallest absolute Gasteiger partial charge is 0.239 e. The molecule has 19 heavy (non-hydrogen) atoms. The molecule has 0 radical (unpaired) electrons. The molecule has 0 bridgehead atoms. The van der Waals surface area contributed by atoms with Crippen molar-refractivity contribution in [2.24, 2.45) is 11.1 Å². The minimum Gasteiger partial charge on any atom is -0.383 e. The maximum Gasteiger partial charge on any atom is 0.239 e. The zero-order valence-electron chi connectivity index (χ0n) is 11.4. The first-order valence-electron chi connectivity index (χ1n) is 6.38. The zero-order valence-corrected chi connectivity index (χ0v) is 12.2. The number of hydrogen-bond acceptors (Lipinski definition) is 4. The topological polar surface area (TPSA) is 93.5 Å². The third-order valence-electron chi connectivity index (χ3n) is 3.47. The lowest BCUT2D eigenvalue weighted by molar-refractivity contribution is -0.132. The highest BCUT2D eigenvalue weighted by atomic mass is 35.5. The lowest BCUT2D eigenvalue weighted by atomic mass is 9.85. The second kappa shape index (κ2) is 9.12. The van der Waals surface area contributed by atoms with Crippen molar-refractivity contribution in [3.8, 4) is 0 Å². The normalized spacial score (nSPS) is 16.5. The first kappa shape index (κ1) is 18.1. The zero-order chi connectivity index (χ0) is 13.4. The fourth-order valence-corrected chi connectivity index (χ4v) is 2.28. The van der Waals surface area contributed by atoms with Crippen LogP contribution in [0.2, 0.25) is 0 Å². The Morgan fingerprint density at radius 2 is 1.89 bits per heavy atom. The molecule has 1 saturated carbocycles. The summed E-state index contributed by atoms with van der Waals surface area (Å²) in [6, 6.07) is 0. The van der Waals surface area contributed by atoms with E-state index in [0.717, 1.165) is 25.7 Å². The van der Waals surface area contributed by atoms with Crippen LogP contribution in [0.1, 0.15) is 25.7 Å². The van der Waals surface area contributed by atoms with Gasteiger partial charge in [0.05, 0.1) is 18.6 Å². The number of hydrogen-bond donors (Lipinski definition) is 3. The van der Waals surface area contributed by atoms with Crippen molar-refractivity contribution in [1.82, 2.24) is 10.6 Å². The average molecular weight is 294 g/mol. The van der Waals surface area contributed by atoms with E-state index < -0.39 is 5.41 Å². The molecule has 1 aliphatic carbocycles. The van der Waals surface area contributed by atoms with Gasteiger partial charge in [-0.1, -0.05) is 12.8 Å². The Morgan fingerprint density at radius 1 is 1.26 bits per heavy atom. The molecule has 4 N–H and O–H groups in total. The van der Waals surface area contributed by atoms with Gasteiger partial charge in [-0.2, -0.15) is 0 Å². The van der Waals surface area contributed by atoms with Gasteiger partial charge in [-0.3, -0.25) is 9.59 Å². The van der Waals surface area contributed by atoms with Gasteiger partial charge in [0.15, 0.2) is 0 Å². The number of methoxy groups -OCH3 is 1. The van der Waals surface area contributed by atoms with Crippen LogP contribution in [0, 0.1) is 5.41 Å². The fourth-order valence-electron chi connectivity index (χ4n) is 2.28. The Hall–Kier alpha value is -0.850. The minimum absolute atomic E-state index is 0. The van der Waals surface area contributed by atoms with Crippen LogP contribution >= 0.6 is 12.4 Å². The third-order valence-corrected chi connectivity index (χ3v) is 3.47. The SMILES string of the molecule is COCCNC(=O)CNC(=O)C1(CN)CCCC1.Cl. The third kappa shape index (κ3) is 5.34. The number of carbonyl (C=O) groups is 2. The molecule has 1 fully saturated rings. The molecule has 0 aromatic heterocycles. The van der Waals surface area contributed by atoms with E-state index >= 15 is 0 Å². The molecule has 6 nitrogen and oxygen atoms in total. The molecule has 0 aromatic rings. The molecule has 0 spiro atoms. The molecule has 0 atom stereocenters. The quantitative estimate of drug-likeness (QED) is 0.567. The molecule has 7 heteroatoms. The van der Waals surface area contributed by atoms with Crippen LogP contribution in [0.5, 0.6) is 0 Å². The van der Waals surface area contributed by atoms with Crippen molar-refractivity contribution in [2.75, 3.05) is 33.4 Å². The highest BCUT2D eigenvalue weighted by Gasteiger charge is 2.39. The van der Waals surface area contributed by atoms with E-state index in [1.54, 1.807) is 7.11 Å². The van der Waals surface area contributed by atoms with Gasteiger partial charge in [0.25, 0.3) is 0 Å². The van der Waals surface area contributed by atoms with Gasteiger partial charge in [0.2, 0.25) is 11.8 Å². The van der Waals surface area contributed by atoms with Crippen molar-refractivity contribution in [1.29, 1.82) is 0 Å². The van der Waals surface area contributed by atoms with E-state index in [0.29, 0.717) is 19.7 Å². The molecule has 2 amide bonds. The van der Waals surface area contributed by atoms with E-state index in [1.807, 2.05) is 0 Å². The predicted octanol–water partition coefficient (Wildman–Crippen LogP) is -0.194. The van der Waals surface area contributed by atoms with E-state index in [1.165, 1.54) is 0 Å². The largest absolute Gasteiger partial charge is 0.383 e. The van der Waals surface area contributed by atoms with Gasteiger partial charge in [-0.25, -0.2) is 0 Å². The first-order chi connectivity index (χ1) is 8.64. The van der Waals surface area contributed by atoms with Crippen LogP contribution in [-0.2, 0) is 14.3 Å². The van der Waals surface area contributed by atoms with Crippen LogP contribution in [0.3, 0.4) is 0 Å². The first-order valence-corrected chi connectivity index (χ1v) is 6.38. The lowest BCUT2D eigenvalue weighted by Crippen LogP contribution is -2.47. The van der Waals surface area contributed by atoms with Crippen molar-refractivity contribution < 1.29 is 14.3 Å². The Bertz CT molecular complexity index is 294. The average Bonchev–Trinajstić information content (AvgIpc) is 2.86. The van der Waals surface area contributed by atoms with E-state index in [9.17, 15) is 9.59 Å². The van der Waals surface area contributed by atoms with Crippen molar-refractivity contribution >= 4 is 24.2 Å². The molecule has 112 valence electrons. The molecule has 0 heterocycles. The number of rotatable bonds is 7. The van der Waals surface area contributed by atoms with E-state index in [4.69, 9.17) is 10.5 Å². The lowest BCUT2D eigenvalue weighted by Gasteiger charge is -2.25. The van der Waals surface area contributed by atoms with Gasteiger partial charge >= 0.3 is 0 Å². The van der Waals surface area contributed by atoms with Crippen LogP contribution in [0.15, 0.2) is 0 Å². The molecule has 1 aliphatic rings. The van der Waals surface area contributed by atoms with E-state index in [2.05, 4.69) is 10.6 Å². The summed E-state index contributed by atoms with van der Waals surface area (Å²) < 4.78 is 4.81. The second-order valence-electron chi connectivity index (χ2n) is 4.72. The Kier molecular flexibility index (Phi) is 8.71. The number of ether oxygens (including phenoxy) is 1. The predicted molar refractivity (Wildman–Crippen MR) is 75.1 cm³/mol. The van der Waals surface area contributed by atoms with Crippen molar-refractivity contribution in [3.63, 3.8) is 0 Å². The van der Waals surface area contributed by atoms with Crippen LogP contribution in [-0.4, -0.2) is 45.2 Å². The number of nitrogens with two attached hydrogens (primary N) is 1. The van der Waals surface area contributed by atoms with E-state index in [-0.39, 0.29) is 30.8 Å². The van der Waals surface area contributed by atoms with Gasteiger partial charge in [-0.05, 0) is 12.8 Å². The maximum atomic E-state index is 12.0. The number of halogens is 1. The van der Waals surface area contributed by atoms with Gasteiger partial charge in [0.1, 0.15) is 0 Å². The Labute approximate surface area is 120 Å². The summed E-state index contributed by atoms with van der Waals surface area (Å²) in [5.41, 5.74) is 5.24. The van der Waals surface area contributed by atoms with Crippen LogP contribution in [0.25, 0.3) is 0 Å². The highest BCUT2D eigenvalue weighted by Crippen LogP contribution is 2.37. The maximum absolute atomic E-state index is 12.0. The standard InChI is InChI=1S/C12H23N3O3.ClH/c1-18-7-6-14-10(16)8-15-11(17)12(9-13)4-2-3-5-12;/h2-9,13H2,1H3,(H,14,16)(H,15,17);1H. The van der Waals surface area contributed by atoms with Crippen LogP contribution < -0.4 is 16.4 Å². The highest BCUT2D eigenvalue weighted by molar-refractivity contribution is 5.88. The van der Waals surface area contributed by atoms with Crippen molar-refractivity contribution in [2.45, 2.75) is 25.7 Å². The summed E-state index contributed by atoms with van der Waals surface area (Å²) in [6.07, 6.45) is 3.70. The number of amides is 2. The molecule has 0 unspecified atom stereocenters. The summed E-state index contributed by atoms with van der Waals surface area (Å²) in [5, 5.41) is 5.32. The summed E-state index contributed by atoms with van der Waals surface area (Å²) in [7, 11) is 1.57. The minimum atomic E-state index is -0.452. The monoisotopic (exact) mass is 293 g/mol. The van der Waals surface area contributed by atoms with Gasteiger partial charge in [-0.15, -0.1) is 12.4 Å².